The minimum atomic E-state index is -0.381. The second kappa shape index (κ2) is 8.93. The summed E-state index contributed by atoms with van der Waals surface area (Å²) in [5.41, 5.74) is 8.20. The van der Waals surface area contributed by atoms with Gasteiger partial charge >= 0.3 is 0 Å². The molecule has 4 nitrogen and oxygen atoms in total. The number of fused-ring (bicyclic) bond motifs is 1. The molecule has 31 heavy (non-hydrogen) atoms. The molecule has 166 valence electrons. The van der Waals surface area contributed by atoms with Crippen LogP contribution in [0.5, 0.6) is 0 Å². The molecule has 5 rings (SSSR count). The van der Waals surface area contributed by atoms with Gasteiger partial charge in [-0.3, -0.25) is 0 Å². The molecule has 4 atom stereocenters. The van der Waals surface area contributed by atoms with Crippen LogP contribution in [0, 0.1) is 0 Å². The van der Waals surface area contributed by atoms with Crippen LogP contribution < -0.4 is 5.32 Å². The van der Waals surface area contributed by atoms with Crippen LogP contribution in [0.3, 0.4) is 0 Å². The van der Waals surface area contributed by atoms with Crippen LogP contribution in [0.2, 0.25) is 0 Å². The number of nitrogens with one attached hydrogen (secondary N) is 1. The molecule has 0 amide bonds. The number of methoxy groups -OCH3 is 1. The van der Waals surface area contributed by atoms with Crippen LogP contribution in [0.15, 0.2) is 36.4 Å². The lowest BCUT2D eigenvalue weighted by atomic mass is 9.86. The van der Waals surface area contributed by atoms with Gasteiger partial charge in [0.2, 0.25) is 0 Å². The van der Waals surface area contributed by atoms with Crippen LogP contribution in [0.25, 0.3) is 0 Å². The molecule has 0 bridgehead atoms. The minimum Gasteiger partial charge on any atom is -0.393 e. The Morgan fingerprint density at radius 2 is 1.90 bits per heavy atom. The normalized spacial score (nSPS) is 28.1. The third-order valence-electron chi connectivity index (χ3n) is 7.34. The number of aliphatic hydroxyl groups is 1. The molecule has 0 radical (unpaired) electrons. The number of benzene rings is 2. The first-order valence-electron chi connectivity index (χ1n) is 12.0. The molecule has 4 heteroatoms. The predicted molar refractivity (Wildman–Crippen MR) is 124 cm³/mol. The number of hydrogen-bond donors (Lipinski definition) is 2. The molecule has 0 aromatic heterocycles. The quantitative estimate of drug-likeness (QED) is 0.633. The Morgan fingerprint density at radius 3 is 2.68 bits per heavy atom. The van der Waals surface area contributed by atoms with Gasteiger partial charge in [-0.2, -0.15) is 0 Å². The van der Waals surface area contributed by atoms with Crippen LogP contribution in [0.1, 0.15) is 91.2 Å². The van der Waals surface area contributed by atoms with Gasteiger partial charge in [-0.1, -0.05) is 37.3 Å². The summed E-state index contributed by atoms with van der Waals surface area (Å²) in [6.45, 7) is 3.36. The average molecular weight is 422 g/mol. The van der Waals surface area contributed by atoms with Crippen molar-refractivity contribution in [1.82, 2.24) is 0 Å². The molecule has 1 saturated carbocycles. The molecule has 2 aliphatic heterocycles. The maximum atomic E-state index is 10.3. The summed E-state index contributed by atoms with van der Waals surface area (Å²) < 4.78 is 11.5. The zero-order valence-corrected chi connectivity index (χ0v) is 18.8. The standard InChI is InChI=1S/C27H35NO3/c1-3-18-10-11-28-25-13-17(4-8-24(18)25)12-21-14-20(7-9-23(21)19-5-6-19)26-15-22(29)16-27(30-2)31-26/h4,7-9,13-14,18-19,22,26-29H,3,5-6,10-12,15-16H2,1-2H3. The zero-order valence-electron chi connectivity index (χ0n) is 18.8. The Balaban J connectivity index is 1.42. The molecule has 2 heterocycles. The predicted octanol–water partition coefficient (Wildman–Crippen LogP) is 5.65. The van der Waals surface area contributed by atoms with Crippen molar-refractivity contribution in [3.63, 3.8) is 0 Å². The van der Waals surface area contributed by atoms with Gasteiger partial charge in [0.15, 0.2) is 6.29 Å². The number of rotatable bonds is 6. The largest absolute Gasteiger partial charge is 0.393 e. The lowest BCUT2D eigenvalue weighted by Gasteiger charge is -2.33. The molecule has 2 fully saturated rings. The van der Waals surface area contributed by atoms with E-state index < -0.39 is 0 Å². The third kappa shape index (κ3) is 4.52. The first kappa shape index (κ1) is 21.0. The van der Waals surface area contributed by atoms with Gasteiger partial charge in [0.1, 0.15) is 0 Å². The Kier molecular flexibility index (Phi) is 6.05. The fourth-order valence-corrected chi connectivity index (χ4v) is 5.40. The van der Waals surface area contributed by atoms with Crippen LogP contribution in [-0.2, 0) is 15.9 Å². The van der Waals surface area contributed by atoms with Gasteiger partial charge in [-0.15, -0.1) is 0 Å². The second-order valence-corrected chi connectivity index (χ2v) is 9.57. The van der Waals surface area contributed by atoms with Crippen molar-refractivity contribution in [1.29, 1.82) is 0 Å². The smallest absolute Gasteiger partial charge is 0.160 e. The van der Waals surface area contributed by atoms with E-state index in [1.807, 2.05) is 0 Å². The van der Waals surface area contributed by atoms with E-state index in [1.54, 1.807) is 7.11 Å². The molecule has 2 N–H and O–H groups in total. The fraction of sp³-hybridized carbons (Fsp3) is 0.556. The van der Waals surface area contributed by atoms with E-state index in [2.05, 4.69) is 48.6 Å². The van der Waals surface area contributed by atoms with Gasteiger partial charge in [0.05, 0.1) is 12.2 Å². The maximum absolute atomic E-state index is 10.3. The highest BCUT2D eigenvalue weighted by Crippen LogP contribution is 2.44. The van der Waals surface area contributed by atoms with Crippen LogP contribution in [0.4, 0.5) is 5.69 Å². The van der Waals surface area contributed by atoms with Crippen molar-refractivity contribution in [2.24, 2.45) is 0 Å². The van der Waals surface area contributed by atoms with Crippen LogP contribution in [-0.4, -0.2) is 31.2 Å². The molecular weight excluding hydrogens is 386 g/mol. The number of anilines is 1. The van der Waals surface area contributed by atoms with Gasteiger partial charge in [-0.05, 0) is 77.8 Å². The van der Waals surface area contributed by atoms with E-state index in [4.69, 9.17) is 9.47 Å². The molecular formula is C27H35NO3. The van der Waals surface area contributed by atoms with Crippen molar-refractivity contribution in [2.75, 3.05) is 19.0 Å². The Morgan fingerprint density at radius 1 is 1.06 bits per heavy atom. The van der Waals surface area contributed by atoms with E-state index in [1.165, 1.54) is 53.6 Å². The topological polar surface area (TPSA) is 50.7 Å². The molecule has 1 saturated heterocycles. The first-order chi connectivity index (χ1) is 15.1. The highest BCUT2D eigenvalue weighted by atomic mass is 16.7. The number of aliphatic hydroxyl groups excluding tert-OH is 1. The molecule has 2 aromatic carbocycles. The summed E-state index contributed by atoms with van der Waals surface area (Å²) in [6.07, 6.45) is 6.30. The lowest BCUT2D eigenvalue weighted by Crippen LogP contribution is -2.32. The van der Waals surface area contributed by atoms with Crippen molar-refractivity contribution in [3.8, 4) is 0 Å². The molecule has 3 aliphatic rings. The van der Waals surface area contributed by atoms with Crippen LogP contribution >= 0.6 is 0 Å². The minimum absolute atomic E-state index is 0.115. The third-order valence-corrected chi connectivity index (χ3v) is 7.34. The van der Waals surface area contributed by atoms with E-state index in [0.29, 0.717) is 24.7 Å². The summed E-state index contributed by atoms with van der Waals surface area (Å²) in [4.78, 5) is 0. The maximum Gasteiger partial charge on any atom is 0.160 e. The Hall–Kier alpha value is -1.88. The summed E-state index contributed by atoms with van der Waals surface area (Å²) in [6, 6.07) is 13.9. The first-order valence-corrected chi connectivity index (χ1v) is 12.0. The summed E-state index contributed by atoms with van der Waals surface area (Å²) in [7, 11) is 1.65. The van der Waals surface area contributed by atoms with Gasteiger partial charge in [0.25, 0.3) is 0 Å². The van der Waals surface area contributed by atoms with Gasteiger partial charge in [-0.25, -0.2) is 0 Å². The number of ether oxygens (including phenoxy) is 2. The summed E-state index contributed by atoms with van der Waals surface area (Å²) in [5, 5.41) is 13.9. The monoisotopic (exact) mass is 421 g/mol. The SMILES string of the molecule is CCC1CCNc2cc(Cc3cc(C4CC(O)CC(OC)O4)ccc3C3CC3)ccc21. The van der Waals surface area contributed by atoms with E-state index >= 15 is 0 Å². The number of hydrogen-bond acceptors (Lipinski definition) is 4. The van der Waals surface area contributed by atoms with Crippen molar-refractivity contribution < 1.29 is 14.6 Å². The van der Waals surface area contributed by atoms with Gasteiger partial charge < -0.3 is 19.9 Å². The highest BCUT2D eigenvalue weighted by molar-refractivity contribution is 5.57. The summed E-state index contributed by atoms with van der Waals surface area (Å²) >= 11 is 0. The highest BCUT2D eigenvalue weighted by Gasteiger charge is 2.31. The van der Waals surface area contributed by atoms with E-state index in [0.717, 1.165) is 18.5 Å². The lowest BCUT2D eigenvalue weighted by molar-refractivity contribution is -0.205. The molecule has 2 aromatic rings. The summed E-state index contributed by atoms with van der Waals surface area (Å²) in [5.74, 6) is 1.38. The van der Waals surface area contributed by atoms with E-state index in [9.17, 15) is 5.11 Å². The molecule has 1 aliphatic carbocycles. The average Bonchev–Trinajstić information content (AvgIpc) is 3.63. The van der Waals surface area contributed by atoms with E-state index in [-0.39, 0.29) is 18.5 Å². The molecule has 0 spiro atoms. The Labute approximate surface area is 186 Å². The van der Waals surface area contributed by atoms with Gasteiger partial charge in [0, 0.05) is 32.2 Å². The fourth-order valence-electron chi connectivity index (χ4n) is 5.40. The second-order valence-electron chi connectivity index (χ2n) is 9.57. The molecule has 4 unspecified atom stereocenters. The van der Waals surface area contributed by atoms with Crippen molar-refractivity contribution in [2.45, 2.75) is 82.2 Å². The van der Waals surface area contributed by atoms with Crippen molar-refractivity contribution in [3.05, 3.63) is 64.2 Å². The Bertz CT molecular complexity index is 923. The van der Waals surface area contributed by atoms with Crippen molar-refractivity contribution >= 4 is 5.69 Å². The zero-order chi connectivity index (χ0) is 21.4.